The number of hydrogen-bond acceptors (Lipinski definition) is 2. The fourth-order valence-electron chi connectivity index (χ4n) is 2.76. The second-order valence-electron chi connectivity index (χ2n) is 6.01. The Hall–Kier alpha value is -0.790. The van der Waals surface area contributed by atoms with Gasteiger partial charge in [0, 0.05) is 6.08 Å². The van der Waals surface area contributed by atoms with Gasteiger partial charge in [-0.15, -0.1) is 0 Å². The van der Waals surface area contributed by atoms with Gasteiger partial charge < -0.3 is 4.74 Å². The van der Waals surface area contributed by atoms with Gasteiger partial charge in [-0.2, -0.15) is 0 Å². The third-order valence-corrected chi connectivity index (χ3v) is 4.06. The fourth-order valence-corrected chi connectivity index (χ4v) is 2.76. The summed E-state index contributed by atoms with van der Waals surface area (Å²) < 4.78 is 5.11. The average Bonchev–Trinajstić information content (AvgIpc) is 2.86. The van der Waals surface area contributed by atoms with E-state index >= 15 is 0 Å². The van der Waals surface area contributed by atoms with Gasteiger partial charge >= 0.3 is 5.97 Å². The van der Waals surface area contributed by atoms with Gasteiger partial charge in [-0.1, -0.05) is 77.6 Å². The zero-order chi connectivity index (χ0) is 14.5. The van der Waals surface area contributed by atoms with E-state index in [0.717, 1.165) is 6.42 Å². The summed E-state index contributed by atoms with van der Waals surface area (Å²) in [6, 6.07) is 0. The molecule has 1 aliphatic heterocycles. The predicted molar refractivity (Wildman–Crippen MR) is 84.7 cm³/mol. The number of carbonyl (C=O) groups is 1. The summed E-state index contributed by atoms with van der Waals surface area (Å²) >= 11 is 0. The van der Waals surface area contributed by atoms with Gasteiger partial charge in [-0.3, -0.25) is 0 Å². The van der Waals surface area contributed by atoms with Crippen LogP contribution in [0, 0.1) is 0 Å². The van der Waals surface area contributed by atoms with Crippen LogP contribution in [0.25, 0.3) is 0 Å². The van der Waals surface area contributed by atoms with Crippen LogP contribution in [0.15, 0.2) is 12.2 Å². The number of carbonyl (C=O) groups excluding carboxylic acids is 1. The summed E-state index contributed by atoms with van der Waals surface area (Å²) in [5, 5.41) is 0. The molecular weight excluding hydrogens is 248 g/mol. The lowest BCUT2D eigenvalue weighted by atomic mass is 10.0. The summed E-state index contributed by atoms with van der Waals surface area (Å²) in [7, 11) is 0. The average molecular weight is 280 g/mol. The molecule has 0 bridgehead atoms. The van der Waals surface area contributed by atoms with Crippen LogP contribution in [0.1, 0.15) is 90.4 Å². The minimum absolute atomic E-state index is 0.0608. The summed E-state index contributed by atoms with van der Waals surface area (Å²) in [5.74, 6) is -0.172. The monoisotopic (exact) mass is 280 g/mol. The Kier molecular flexibility index (Phi) is 10.3. The van der Waals surface area contributed by atoms with E-state index in [0.29, 0.717) is 0 Å². The molecule has 20 heavy (non-hydrogen) atoms. The molecule has 0 fully saturated rings. The zero-order valence-corrected chi connectivity index (χ0v) is 13.2. The van der Waals surface area contributed by atoms with Crippen LogP contribution < -0.4 is 0 Å². The Balaban J connectivity index is 1.72. The molecule has 1 heterocycles. The predicted octanol–water partition coefficient (Wildman–Crippen LogP) is 5.56. The molecule has 1 atom stereocenters. The van der Waals surface area contributed by atoms with E-state index in [1.165, 1.54) is 77.0 Å². The van der Waals surface area contributed by atoms with Crippen LogP contribution in [0.5, 0.6) is 0 Å². The molecule has 2 heteroatoms. The van der Waals surface area contributed by atoms with Crippen LogP contribution >= 0.6 is 0 Å². The first-order chi connectivity index (χ1) is 9.83. The lowest BCUT2D eigenvalue weighted by Gasteiger charge is -2.07. The third kappa shape index (κ3) is 9.17. The number of hydrogen-bond donors (Lipinski definition) is 0. The molecule has 0 aliphatic carbocycles. The molecule has 1 aliphatic rings. The molecule has 0 spiro atoms. The maximum absolute atomic E-state index is 10.9. The molecule has 0 aromatic rings. The van der Waals surface area contributed by atoms with Gasteiger partial charge in [-0.25, -0.2) is 4.79 Å². The number of ether oxygens (including phenoxy) is 1. The summed E-state index contributed by atoms with van der Waals surface area (Å²) in [5.41, 5.74) is 0. The van der Waals surface area contributed by atoms with Crippen molar-refractivity contribution in [2.24, 2.45) is 0 Å². The van der Waals surface area contributed by atoms with Crippen molar-refractivity contribution < 1.29 is 9.53 Å². The van der Waals surface area contributed by atoms with E-state index in [-0.39, 0.29) is 12.1 Å². The molecule has 1 unspecified atom stereocenters. The quantitative estimate of drug-likeness (QED) is 0.326. The van der Waals surface area contributed by atoms with Gasteiger partial charge in [0.15, 0.2) is 0 Å². The second kappa shape index (κ2) is 12.0. The molecule has 0 N–H and O–H groups in total. The Morgan fingerprint density at radius 3 is 1.80 bits per heavy atom. The van der Waals surface area contributed by atoms with E-state index in [1.807, 2.05) is 6.08 Å². The maximum atomic E-state index is 10.9. The highest BCUT2D eigenvalue weighted by Gasteiger charge is 2.15. The molecule has 116 valence electrons. The number of rotatable bonds is 13. The Bertz CT molecular complexity index is 271. The second-order valence-corrected chi connectivity index (χ2v) is 6.01. The lowest BCUT2D eigenvalue weighted by molar-refractivity contribution is -0.138. The number of unbranched alkanes of at least 4 members (excludes halogenated alkanes) is 11. The van der Waals surface area contributed by atoms with E-state index in [1.54, 1.807) is 6.08 Å². The molecule has 0 aromatic carbocycles. The smallest absolute Gasteiger partial charge is 0.331 e. The molecular formula is C18H32O2. The zero-order valence-electron chi connectivity index (χ0n) is 13.2. The van der Waals surface area contributed by atoms with Crippen LogP contribution in [-0.4, -0.2) is 12.1 Å². The third-order valence-electron chi connectivity index (χ3n) is 4.06. The molecule has 1 rings (SSSR count). The highest BCUT2D eigenvalue weighted by Crippen LogP contribution is 2.15. The van der Waals surface area contributed by atoms with Gasteiger partial charge in [0.25, 0.3) is 0 Å². The minimum Gasteiger partial charge on any atom is -0.455 e. The molecule has 2 nitrogen and oxygen atoms in total. The first-order valence-electron chi connectivity index (χ1n) is 8.71. The minimum atomic E-state index is -0.172. The van der Waals surface area contributed by atoms with E-state index in [2.05, 4.69) is 6.92 Å². The van der Waals surface area contributed by atoms with Crippen molar-refractivity contribution >= 4 is 5.97 Å². The van der Waals surface area contributed by atoms with Crippen molar-refractivity contribution in [1.29, 1.82) is 0 Å². The largest absolute Gasteiger partial charge is 0.455 e. The normalized spacial score (nSPS) is 17.6. The van der Waals surface area contributed by atoms with E-state index in [9.17, 15) is 4.79 Å². The van der Waals surface area contributed by atoms with Crippen LogP contribution in [0.3, 0.4) is 0 Å². The Morgan fingerprint density at radius 2 is 1.35 bits per heavy atom. The number of cyclic esters (lactones) is 1. The van der Waals surface area contributed by atoms with Crippen molar-refractivity contribution in [3.63, 3.8) is 0 Å². The van der Waals surface area contributed by atoms with Gasteiger partial charge in [0.2, 0.25) is 0 Å². The molecule has 0 aromatic heterocycles. The van der Waals surface area contributed by atoms with Crippen molar-refractivity contribution in [2.75, 3.05) is 0 Å². The summed E-state index contributed by atoms with van der Waals surface area (Å²) in [6.45, 7) is 2.27. The number of esters is 1. The summed E-state index contributed by atoms with van der Waals surface area (Å²) in [4.78, 5) is 10.9. The molecule has 0 saturated carbocycles. The molecule has 0 saturated heterocycles. The van der Waals surface area contributed by atoms with Crippen LogP contribution in [0.4, 0.5) is 0 Å². The highest BCUT2D eigenvalue weighted by atomic mass is 16.5. The molecule has 0 radical (unpaired) electrons. The molecule has 0 amide bonds. The highest BCUT2D eigenvalue weighted by molar-refractivity contribution is 5.84. The maximum Gasteiger partial charge on any atom is 0.331 e. The topological polar surface area (TPSA) is 26.3 Å². The van der Waals surface area contributed by atoms with E-state index < -0.39 is 0 Å². The fraction of sp³-hybridized carbons (Fsp3) is 0.833. The first-order valence-corrected chi connectivity index (χ1v) is 8.71. The first kappa shape index (κ1) is 17.3. The van der Waals surface area contributed by atoms with Gasteiger partial charge in [-0.05, 0) is 18.9 Å². The van der Waals surface area contributed by atoms with E-state index in [4.69, 9.17) is 4.74 Å². The van der Waals surface area contributed by atoms with Crippen LogP contribution in [0.2, 0.25) is 0 Å². The van der Waals surface area contributed by atoms with Crippen molar-refractivity contribution in [1.82, 2.24) is 0 Å². The van der Waals surface area contributed by atoms with Crippen LogP contribution in [-0.2, 0) is 9.53 Å². The van der Waals surface area contributed by atoms with Crippen molar-refractivity contribution in [3.05, 3.63) is 12.2 Å². The standard InChI is InChI=1S/C18H32O2/c1-2-3-4-5-6-7-8-9-10-11-12-13-14-17-15-16-18(19)20-17/h15-17H,2-14H2,1H3. The van der Waals surface area contributed by atoms with Gasteiger partial charge in [0.05, 0.1) is 0 Å². The van der Waals surface area contributed by atoms with Gasteiger partial charge in [0.1, 0.15) is 6.10 Å². The Labute approximate surface area is 125 Å². The lowest BCUT2D eigenvalue weighted by Crippen LogP contribution is -2.06. The van der Waals surface area contributed by atoms with Crippen molar-refractivity contribution in [3.8, 4) is 0 Å². The Morgan fingerprint density at radius 1 is 0.850 bits per heavy atom. The SMILES string of the molecule is CCCCCCCCCCCCCCC1C=CC(=O)O1. The van der Waals surface area contributed by atoms with Crippen molar-refractivity contribution in [2.45, 2.75) is 96.5 Å². The summed E-state index contributed by atoms with van der Waals surface area (Å²) in [6.07, 6.45) is 20.9.